The van der Waals surface area contributed by atoms with Gasteiger partial charge in [0.25, 0.3) is 0 Å². The van der Waals surface area contributed by atoms with Crippen molar-refractivity contribution >= 4 is 37.6 Å². The van der Waals surface area contributed by atoms with E-state index in [0.29, 0.717) is 13.0 Å². The molecule has 10 heteroatoms. The average Bonchev–Trinajstić information content (AvgIpc) is 3.37. The van der Waals surface area contributed by atoms with E-state index in [1.54, 1.807) is 16.2 Å². The largest absolute Gasteiger partial charge is 0.391 e. The molecule has 1 aliphatic carbocycles. The Morgan fingerprint density at radius 1 is 1.26 bits per heavy atom. The molecule has 226 valence electrons. The first-order chi connectivity index (χ1) is 19.6. The van der Waals surface area contributed by atoms with Crippen molar-refractivity contribution in [3.05, 3.63) is 41.0 Å². The maximum atomic E-state index is 14.2. The number of aromatic nitrogens is 1. The molecule has 1 aliphatic heterocycles. The van der Waals surface area contributed by atoms with Crippen LogP contribution in [0.1, 0.15) is 57.7 Å². The van der Waals surface area contributed by atoms with E-state index in [0.717, 1.165) is 40.9 Å². The topological polar surface area (TPSA) is 103 Å². The quantitative estimate of drug-likeness (QED) is 0.250. The molecule has 0 bridgehead atoms. The minimum Gasteiger partial charge on any atom is -0.391 e. The van der Waals surface area contributed by atoms with Crippen LogP contribution in [0.2, 0.25) is 19.6 Å². The second-order valence-corrected chi connectivity index (χ2v) is 19.4. The molecule has 0 radical (unpaired) electrons. The van der Waals surface area contributed by atoms with Crippen LogP contribution in [-0.2, 0) is 20.9 Å². The Hall–Kier alpha value is -3.00. The minimum absolute atomic E-state index is 0.0571. The predicted octanol–water partition coefficient (Wildman–Crippen LogP) is 4.37. The summed E-state index contributed by atoms with van der Waals surface area (Å²) in [6.45, 7) is 14.7. The number of aryl methyl sites for hydroxylation is 1. The molecule has 4 rings (SSSR count). The van der Waals surface area contributed by atoms with E-state index in [1.807, 2.05) is 57.5 Å². The second kappa shape index (κ2) is 12.3. The molecule has 42 heavy (non-hydrogen) atoms. The van der Waals surface area contributed by atoms with Crippen molar-refractivity contribution in [2.45, 2.75) is 103 Å². The first-order valence-electron chi connectivity index (χ1n) is 14.6. The maximum absolute atomic E-state index is 14.2. The van der Waals surface area contributed by atoms with Crippen LogP contribution < -0.4 is 5.32 Å². The number of amides is 3. The number of rotatable bonds is 9. The van der Waals surface area contributed by atoms with E-state index in [-0.39, 0.29) is 24.8 Å². The lowest BCUT2D eigenvalue weighted by molar-refractivity contribution is -0.151. The van der Waals surface area contributed by atoms with Gasteiger partial charge in [-0.1, -0.05) is 64.7 Å². The number of aliphatic hydroxyl groups is 1. The molecule has 2 N–H and O–H groups in total. The highest BCUT2D eigenvalue weighted by Gasteiger charge is 2.55. The number of β-amino-alcohol motifs (C(OH)–C–C–N with tert-alkyl or cyclic N) is 1. The number of nitrogens with one attached hydrogen (secondary N) is 1. The Bertz CT molecular complexity index is 1360. The minimum atomic E-state index is -1.58. The lowest BCUT2D eigenvalue weighted by Gasteiger charge is -2.43. The van der Waals surface area contributed by atoms with Crippen LogP contribution in [0.3, 0.4) is 0 Å². The van der Waals surface area contributed by atoms with E-state index in [9.17, 15) is 19.5 Å². The standard InChI is InChI=1S/C32H44N4O4SSi/c1-22-27(41-20-34-22)24-11-9-23(10-12-24)18-33-29(39)26-17-25(38)19-35(26)30(40)28(31(2,3)4)36(21-37)32(14-15-32)13-8-16-42(5,6)7/h9-12,20-21,25-26,28,38H,13-15,17-19H2,1-7H3,(H,33,39)/t25-,26+,28-/m1/s1. The van der Waals surface area contributed by atoms with Gasteiger partial charge in [-0.2, -0.15) is 0 Å². The normalized spacial score (nSPS) is 20.3. The third-order valence-electron chi connectivity index (χ3n) is 7.99. The van der Waals surface area contributed by atoms with Crippen molar-refractivity contribution in [1.29, 1.82) is 0 Å². The summed E-state index contributed by atoms with van der Waals surface area (Å²) in [6.07, 6.45) is 2.25. The summed E-state index contributed by atoms with van der Waals surface area (Å²) in [5, 5.41) is 13.5. The van der Waals surface area contributed by atoms with Crippen LogP contribution >= 0.6 is 11.3 Å². The zero-order valence-electron chi connectivity index (χ0n) is 25.9. The van der Waals surface area contributed by atoms with Crippen molar-refractivity contribution in [2.75, 3.05) is 6.54 Å². The highest BCUT2D eigenvalue weighted by Crippen LogP contribution is 2.47. The molecule has 2 aliphatic rings. The Kier molecular flexibility index (Phi) is 9.36. The summed E-state index contributed by atoms with van der Waals surface area (Å²) in [5.41, 5.74) is 7.15. The molecule has 1 aromatic carbocycles. The van der Waals surface area contributed by atoms with Gasteiger partial charge < -0.3 is 20.2 Å². The molecular formula is C32H44N4O4SSi. The molecule has 2 aromatic rings. The molecule has 1 saturated heterocycles. The van der Waals surface area contributed by atoms with E-state index in [1.165, 1.54) is 4.90 Å². The number of carbonyl (C=O) groups is 3. The average molecular weight is 609 g/mol. The van der Waals surface area contributed by atoms with Gasteiger partial charge in [-0.15, -0.1) is 22.8 Å². The molecule has 2 heterocycles. The molecule has 0 spiro atoms. The van der Waals surface area contributed by atoms with Crippen LogP contribution in [0.15, 0.2) is 29.8 Å². The monoisotopic (exact) mass is 608 g/mol. The van der Waals surface area contributed by atoms with Crippen molar-refractivity contribution < 1.29 is 19.5 Å². The van der Waals surface area contributed by atoms with E-state index in [2.05, 4.69) is 41.4 Å². The number of likely N-dealkylation sites (tertiary alicyclic amines) is 1. The number of benzene rings is 1. The van der Waals surface area contributed by atoms with Crippen LogP contribution in [-0.4, -0.2) is 76.5 Å². The molecule has 1 aromatic heterocycles. The number of nitrogens with zero attached hydrogens (tertiary/aromatic N) is 3. The number of carbonyl (C=O) groups excluding carboxylic acids is 3. The van der Waals surface area contributed by atoms with Crippen LogP contribution in [0.5, 0.6) is 0 Å². The second-order valence-electron chi connectivity index (χ2n) is 13.8. The molecule has 2 fully saturated rings. The van der Waals surface area contributed by atoms with Crippen molar-refractivity contribution in [2.24, 2.45) is 5.41 Å². The Balaban J connectivity index is 1.49. The van der Waals surface area contributed by atoms with Gasteiger partial charge in [0.2, 0.25) is 18.2 Å². The number of hydrogen-bond acceptors (Lipinski definition) is 6. The molecular weight excluding hydrogens is 565 g/mol. The Labute approximate surface area is 254 Å². The number of hydrogen-bond donors (Lipinski definition) is 2. The lowest BCUT2D eigenvalue weighted by Crippen LogP contribution is -2.60. The summed E-state index contributed by atoms with van der Waals surface area (Å²) < 4.78 is 0. The van der Waals surface area contributed by atoms with Gasteiger partial charge in [-0.25, -0.2) is 4.98 Å². The van der Waals surface area contributed by atoms with Crippen molar-refractivity contribution in [3.8, 4) is 21.9 Å². The van der Waals surface area contributed by atoms with Crippen LogP contribution in [0, 0.1) is 23.8 Å². The molecule has 3 atom stereocenters. The van der Waals surface area contributed by atoms with Gasteiger partial charge in [0.1, 0.15) is 20.2 Å². The smallest absolute Gasteiger partial charge is 0.246 e. The predicted molar refractivity (Wildman–Crippen MR) is 169 cm³/mol. The summed E-state index contributed by atoms with van der Waals surface area (Å²) in [5.74, 6) is 2.70. The highest BCUT2D eigenvalue weighted by atomic mass is 32.1. The van der Waals surface area contributed by atoms with Crippen molar-refractivity contribution in [3.63, 3.8) is 0 Å². The van der Waals surface area contributed by atoms with Gasteiger partial charge >= 0.3 is 0 Å². The first-order valence-corrected chi connectivity index (χ1v) is 19.0. The van der Waals surface area contributed by atoms with Gasteiger partial charge in [0, 0.05) is 25.9 Å². The summed E-state index contributed by atoms with van der Waals surface area (Å²) in [4.78, 5) is 48.8. The van der Waals surface area contributed by atoms with Gasteiger partial charge in [0.15, 0.2) is 0 Å². The zero-order chi connectivity index (χ0) is 30.9. The third-order valence-corrected chi connectivity index (χ3v) is 9.90. The number of thiazole rings is 1. The van der Waals surface area contributed by atoms with E-state index < -0.39 is 37.2 Å². The van der Waals surface area contributed by atoms with Crippen LogP contribution in [0.25, 0.3) is 10.4 Å². The molecule has 8 nitrogen and oxygen atoms in total. The van der Waals surface area contributed by atoms with Gasteiger partial charge in [0.05, 0.1) is 27.7 Å². The first kappa shape index (κ1) is 31.9. The highest BCUT2D eigenvalue weighted by molar-refractivity contribution is 7.13. The maximum Gasteiger partial charge on any atom is 0.246 e. The summed E-state index contributed by atoms with van der Waals surface area (Å²) in [7, 11) is -1.58. The summed E-state index contributed by atoms with van der Waals surface area (Å²) in [6, 6.07) is 6.38. The van der Waals surface area contributed by atoms with E-state index in [4.69, 9.17) is 0 Å². The fourth-order valence-corrected chi connectivity index (χ4v) is 7.05. The van der Waals surface area contributed by atoms with Crippen LogP contribution in [0.4, 0.5) is 0 Å². The van der Waals surface area contributed by atoms with Gasteiger partial charge in [-0.05, 0) is 36.3 Å². The van der Waals surface area contributed by atoms with Gasteiger partial charge in [-0.3, -0.25) is 14.4 Å². The lowest BCUT2D eigenvalue weighted by atomic mass is 9.83. The summed E-state index contributed by atoms with van der Waals surface area (Å²) >= 11 is 1.59. The molecule has 0 unspecified atom stereocenters. The fourth-order valence-electron chi connectivity index (χ4n) is 5.62. The molecule has 3 amide bonds. The fraction of sp³-hybridized carbons (Fsp3) is 0.562. The Morgan fingerprint density at radius 2 is 1.93 bits per heavy atom. The number of aliphatic hydroxyl groups excluding tert-OH is 1. The van der Waals surface area contributed by atoms with Crippen molar-refractivity contribution in [1.82, 2.24) is 20.1 Å². The molecule has 1 saturated carbocycles. The third kappa shape index (κ3) is 7.31. The zero-order valence-corrected chi connectivity index (χ0v) is 27.7. The SMILES string of the molecule is Cc1ncsc1-c1ccc(CNC(=O)[C@@H]2C[C@@H](O)CN2C(=O)[C@@H](N(C=O)C2(CC#C[Si](C)(C)C)CC2)C(C)(C)C)cc1. The Morgan fingerprint density at radius 3 is 2.45 bits per heavy atom. The van der Waals surface area contributed by atoms with E-state index >= 15 is 0 Å².